The van der Waals surface area contributed by atoms with Crippen LogP contribution >= 0.6 is 7.82 Å². The molecule has 0 rings (SSSR count). The van der Waals surface area contributed by atoms with E-state index in [-0.39, 0.29) is 12.5 Å². The Balaban J connectivity index is 4.49. The summed E-state index contributed by atoms with van der Waals surface area (Å²) in [4.78, 5) is 24.9. The summed E-state index contributed by atoms with van der Waals surface area (Å²) in [6.45, 7) is 4.53. The minimum atomic E-state index is -4.57. The number of nitrogens with zero attached hydrogens (tertiary/aromatic N) is 1. The number of carbonyl (C=O) groups excluding carboxylic acids is 1. The van der Waals surface area contributed by atoms with Crippen LogP contribution in [0.3, 0.4) is 0 Å². The smallest absolute Gasteiger partial charge is 0.268 e. The highest BCUT2D eigenvalue weighted by Crippen LogP contribution is 2.38. The molecule has 9 heteroatoms. The van der Waals surface area contributed by atoms with E-state index in [4.69, 9.17) is 9.05 Å². The molecule has 3 unspecified atom stereocenters. The van der Waals surface area contributed by atoms with Gasteiger partial charge in [0.15, 0.2) is 0 Å². The average Bonchev–Trinajstić information content (AvgIpc) is 2.97. The van der Waals surface area contributed by atoms with Crippen LogP contribution in [-0.2, 0) is 18.4 Å². The van der Waals surface area contributed by atoms with Crippen molar-refractivity contribution in [1.29, 1.82) is 0 Å². The number of likely N-dealkylation sites (N-methyl/N-ethyl adjacent to an activating group) is 1. The summed E-state index contributed by atoms with van der Waals surface area (Å²) in [7, 11) is 1.24. The topological polar surface area (TPSA) is 108 Å². The number of rotatable bonds is 32. The van der Waals surface area contributed by atoms with Gasteiger partial charge in [-0.2, -0.15) is 0 Å². The molecule has 1 amide bonds. The Labute approximate surface area is 277 Å². The molecule has 0 saturated heterocycles. The second-order valence-corrected chi connectivity index (χ2v) is 15.0. The molecule has 0 fully saturated rings. The van der Waals surface area contributed by atoms with Crippen molar-refractivity contribution in [3.05, 3.63) is 24.3 Å². The number of quaternary nitrogens is 1. The number of allylic oxidation sites excluding steroid dienone is 3. The summed E-state index contributed by atoms with van der Waals surface area (Å²) >= 11 is 0. The Morgan fingerprint density at radius 2 is 1.24 bits per heavy atom. The molecule has 0 aromatic rings. The molecule has 0 heterocycles. The van der Waals surface area contributed by atoms with Crippen LogP contribution in [0, 0.1) is 0 Å². The Hall–Kier alpha value is -1.02. The number of hydrogen-bond donors (Lipinski definition) is 2. The molecule has 0 aliphatic heterocycles. The van der Waals surface area contributed by atoms with E-state index in [2.05, 4.69) is 31.3 Å². The molecule has 0 aliphatic carbocycles. The fraction of sp³-hybridized carbons (Fsp3) is 0.861. The number of hydrogen-bond acceptors (Lipinski definition) is 6. The molecule has 2 N–H and O–H groups in total. The van der Waals surface area contributed by atoms with Crippen molar-refractivity contribution >= 4 is 13.7 Å². The molecule has 266 valence electrons. The van der Waals surface area contributed by atoms with Crippen molar-refractivity contribution in [3.8, 4) is 0 Å². The van der Waals surface area contributed by atoms with E-state index in [0.29, 0.717) is 17.4 Å². The van der Waals surface area contributed by atoms with Gasteiger partial charge in [0.1, 0.15) is 13.2 Å². The molecule has 0 radical (unpaired) electrons. The lowest BCUT2D eigenvalue weighted by Gasteiger charge is -2.29. The number of carbonyl (C=O) groups is 1. The molecule has 0 bridgehead atoms. The molecule has 45 heavy (non-hydrogen) atoms. The van der Waals surface area contributed by atoms with Gasteiger partial charge in [0.25, 0.3) is 7.82 Å². The lowest BCUT2D eigenvalue weighted by Crippen LogP contribution is -2.45. The predicted molar refractivity (Wildman–Crippen MR) is 187 cm³/mol. The zero-order valence-corrected chi connectivity index (χ0v) is 30.7. The monoisotopic (exact) mass is 659 g/mol. The second-order valence-electron chi connectivity index (χ2n) is 13.6. The number of phosphoric ester groups is 1. The number of phosphoric acid groups is 1. The zero-order valence-electron chi connectivity index (χ0n) is 29.8. The van der Waals surface area contributed by atoms with Gasteiger partial charge in [-0.15, -0.1) is 0 Å². The van der Waals surface area contributed by atoms with E-state index >= 15 is 0 Å². The molecule has 0 aromatic carbocycles. The van der Waals surface area contributed by atoms with Crippen molar-refractivity contribution in [3.63, 3.8) is 0 Å². The zero-order chi connectivity index (χ0) is 33.7. The summed E-state index contributed by atoms with van der Waals surface area (Å²) in [5.74, 6) is -0.219. The van der Waals surface area contributed by atoms with Crippen LogP contribution in [0.4, 0.5) is 0 Å². The highest BCUT2D eigenvalue weighted by Gasteiger charge is 2.23. The minimum Gasteiger partial charge on any atom is -0.756 e. The van der Waals surface area contributed by atoms with Gasteiger partial charge >= 0.3 is 0 Å². The average molecular weight is 659 g/mol. The van der Waals surface area contributed by atoms with Crippen LogP contribution in [0.1, 0.15) is 149 Å². The summed E-state index contributed by atoms with van der Waals surface area (Å²) < 4.78 is 22.9. The van der Waals surface area contributed by atoms with Crippen molar-refractivity contribution < 1.29 is 32.9 Å². The van der Waals surface area contributed by atoms with E-state index in [1.54, 1.807) is 6.08 Å². The number of nitrogens with one attached hydrogen (secondary N) is 1. The molecule has 0 aliphatic rings. The van der Waals surface area contributed by atoms with Gasteiger partial charge in [0.05, 0.1) is 39.9 Å². The quantitative estimate of drug-likeness (QED) is 0.0325. The van der Waals surface area contributed by atoms with Crippen LogP contribution in [0.2, 0.25) is 0 Å². The fourth-order valence-electron chi connectivity index (χ4n) is 4.93. The van der Waals surface area contributed by atoms with Gasteiger partial charge in [-0.05, 0) is 32.1 Å². The maximum atomic E-state index is 12.6. The van der Waals surface area contributed by atoms with E-state index in [9.17, 15) is 19.4 Å². The number of unbranched alkanes of at least 4 members (excludes halogenated alkanes) is 17. The first-order valence-electron chi connectivity index (χ1n) is 18.2. The molecule has 8 nitrogen and oxygen atoms in total. The first kappa shape index (κ1) is 44.0. The number of amides is 1. The van der Waals surface area contributed by atoms with E-state index in [1.165, 1.54) is 89.9 Å². The second kappa shape index (κ2) is 29.1. The highest BCUT2D eigenvalue weighted by atomic mass is 31.2. The normalized spacial score (nSPS) is 15.1. The summed E-state index contributed by atoms with van der Waals surface area (Å²) in [6.07, 6.45) is 31.1. The summed E-state index contributed by atoms with van der Waals surface area (Å²) in [6, 6.07) is -0.894. The fourth-order valence-corrected chi connectivity index (χ4v) is 5.65. The maximum absolute atomic E-state index is 12.6. The van der Waals surface area contributed by atoms with Crippen molar-refractivity contribution in [2.24, 2.45) is 0 Å². The Morgan fingerprint density at radius 3 is 1.80 bits per heavy atom. The molecular weight excluding hydrogens is 587 g/mol. The summed E-state index contributed by atoms with van der Waals surface area (Å²) in [5.41, 5.74) is 0. The predicted octanol–water partition coefficient (Wildman–Crippen LogP) is 8.38. The van der Waals surface area contributed by atoms with Crippen molar-refractivity contribution in [1.82, 2.24) is 5.32 Å². The third-order valence-electron chi connectivity index (χ3n) is 7.91. The molecule has 0 aromatic heterocycles. The van der Waals surface area contributed by atoms with Crippen LogP contribution in [-0.4, -0.2) is 68.5 Å². The van der Waals surface area contributed by atoms with Gasteiger partial charge in [0, 0.05) is 6.42 Å². The van der Waals surface area contributed by atoms with Gasteiger partial charge in [0.2, 0.25) is 5.91 Å². The third-order valence-corrected chi connectivity index (χ3v) is 8.88. The third kappa shape index (κ3) is 31.4. The standard InChI is InChI=1S/C36H71N2O6P/c1-6-8-10-12-14-15-16-17-18-19-20-21-22-23-24-25-27-29-35(39)34(37-36(40)30-28-26-13-11-9-7-2)33-44-45(41,42)43-32-31-38(3,4)5/h22-23,27,29,34-35,39H,6-21,24-26,28,30-33H2,1-5H3,(H-,37,40,41,42)/b23-22+,29-27+. The largest absolute Gasteiger partial charge is 0.756 e. The van der Waals surface area contributed by atoms with Crippen molar-refractivity contribution in [2.45, 2.75) is 161 Å². The Bertz CT molecular complexity index is 799. The van der Waals surface area contributed by atoms with Gasteiger partial charge < -0.3 is 28.8 Å². The van der Waals surface area contributed by atoms with Gasteiger partial charge in [-0.1, -0.05) is 134 Å². The molecule has 0 saturated carbocycles. The maximum Gasteiger partial charge on any atom is 0.268 e. The number of aliphatic hydroxyl groups is 1. The van der Waals surface area contributed by atoms with E-state index in [0.717, 1.165) is 38.5 Å². The Kier molecular flexibility index (Phi) is 28.5. The lowest BCUT2D eigenvalue weighted by molar-refractivity contribution is -0.870. The van der Waals surface area contributed by atoms with E-state index in [1.807, 2.05) is 27.2 Å². The van der Waals surface area contributed by atoms with Crippen LogP contribution < -0.4 is 10.2 Å². The van der Waals surface area contributed by atoms with E-state index < -0.39 is 26.6 Å². The van der Waals surface area contributed by atoms with Crippen LogP contribution in [0.25, 0.3) is 0 Å². The molecule has 0 spiro atoms. The molecular formula is C36H71N2O6P. The minimum absolute atomic E-state index is 0.00539. The highest BCUT2D eigenvalue weighted by molar-refractivity contribution is 7.45. The molecule has 3 atom stereocenters. The van der Waals surface area contributed by atoms with Gasteiger partial charge in [-0.3, -0.25) is 9.36 Å². The Morgan fingerprint density at radius 1 is 0.756 bits per heavy atom. The first-order valence-corrected chi connectivity index (χ1v) is 19.7. The number of aliphatic hydroxyl groups excluding tert-OH is 1. The summed E-state index contributed by atoms with van der Waals surface area (Å²) in [5, 5.41) is 13.6. The van der Waals surface area contributed by atoms with Crippen LogP contribution in [0.15, 0.2) is 24.3 Å². The van der Waals surface area contributed by atoms with Gasteiger partial charge in [-0.25, -0.2) is 0 Å². The lowest BCUT2D eigenvalue weighted by atomic mass is 10.1. The first-order chi connectivity index (χ1) is 21.5. The van der Waals surface area contributed by atoms with Crippen LogP contribution in [0.5, 0.6) is 0 Å². The van der Waals surface area contributed by atoms with Crippen molar-refractivity contribution in [2.75, 3.05) is 40.9 Å². The SMILES string of the molecule is CCCCCCCCCCCCC/C=C/CC/C=C/C(O)C(COP(=O)([O-])OCC[N+](C)(C)C)NC(=O)CCCCCCCC.